The summed E-state index contributed by atoms with van der Waals surface area (Å²) in [6.07, 6.45) is 3.82. The highest BCUT2D eigenvalue weighted by molar-refractivity contribution is 7.89. The first-order valence-corrected chi connectivity index (χ1v) is 11.8. The molecule has 3 aromatic rings. The molecule has 0 aliphatic carbocycles. The molecule has 1 amide bonds. The second-order valence-corrected chi connectivity index (χ2v) is 9.60. The summed E-state index contributed by atoms with van der Waals surface area (Å²) in [6, 6.07) is 18.6. The maximum atomic E-state index is 12.9. The Balaban J connectivity index is 1.42. The van der Waals surface area contributed by atoms with Crippen molar-refractivity contribution in [2.75, 3.05) is 26.2 Å². The summed E-state index contributed by atoms with van der Waals surface area (Å²) in [7, 11) is -3.56. The zero-order valence-corrected chi connectivity index (χ0v) is 18.3. The Kier molecular flexibility index (Phi) is 6.15. The van der Waals surface area contributed by atoms with Crippen molar-refractivity contribution >= 4 is 32.9 Å². The maximum absolute atomic E-state index is 12.9. The number of nitrogens with zero attached hydrogens (tertiary/aromatic N) is 3. The third kappa shape index (κ3) is 4.84. The fourth-order valence-electron chi connectivity index (χ4n) is 3.65. The molecule has 1 aliphatic rings. The third-order valence-electron chi connectivity index (χ3n) is 5.44. The van der Waals surface area contributed by atoms with Crippen molar-refractivity contribution in [3.05, 3.63) is 78.0 Å². The van der Waals surface area contributed by atoms with E-state index in [1.54, 1.807) is 35.2 Å². The largest absolute Gasteiger partial charge is 0.338 e. The summed E-state index contributed by atoms with van der Waals surface area (Å²) in [5, 5.41) is 1.05. The van der Waals surface area contributed by atoms with Crippen LogP contribution >= 0.6 is 0 Å². The van der Waals surface area contributed by atoms with E-state index in [9.17, 15) is 13.2 Å². The Morgan fingerprint density at radius 2 is 1.71 bits per heavy atom. The highest BCUT2D eigenvalue weighted by Crippen LogP contribution is 2.19. The lowest BCUT2D eigenvalue weighted by atomic mass is 10.2. The minimum absolute atomic E-state index is 0.135. The van der Waals surface area contributed by atoms with Crippen molar-refractivity contribution in [2.24, 2.45) is 0 Å². The molecule has 31 heavy (non-hydrogen) atoms. The molecule has 0 radical (unpaired) electrons. The average molecular weight is 436 g/mol. The van der Waals surface area contributed by atoms with Gasteiger partial charge in [-0.1, -0.05) is 42.0 Å². The van der Waals surface area contributed by atoms with Gasteiger partial charge in [-0.15, -0.1) is 0 Å². The predicted molar refractivity (Wildman–Crippen MR) is 122 cm³/mol. The van der Waals surface area contributed by atoms with Gasteiger partial charge in [-0.05, 0) is 43.7 Å². The van der Waals surface area contributed by atoms with E-state index in [4.69, 9.17) is 0 Å². The number of aromatic nitrogens is 1. The zero-order chi connectivity index (χ0) is 21.8. The van der Waals surface area contributed by atoms with E-state index in [2.05, 4.69) is 4.98 Å². The topological polar surface area (TPSA) is 70.6 Å². The lowest BCUT2D eigenvalue weighted by Crippen LogP contribution is -2.36. The molecule has 7 heteroatoms. The van der Waals surface area contributed by atoms with Crippen molar-refractivity contribution in [1.82, 2.24) is 14.2 Å². The maximum Gasteiger partial charge on any atom is 0.246 e. The minimum Gasteiger partial charge on any atom is -0.338 e. The van der Waals surface area contributed by atoms with Crippen LogP contribution in [0, 0.1) is 6.92 Å². The Hall–Kier alpha value is -3.03. The molecule has 1 aromatic heterocycles. The highest BCUT2D eigenvalue weighted by Gasteiger charge is 2.27. The number of carbonyl (C=O) groups is 1. The van der Waals surface area contributed by atoms with Crippen molar-refractivity contribution in [1.29, 1.82) is 0 Å². The van der Waals surface area contributed by atoms with Gasteiger partial charge in [0.2, 0.25) is 15.9 Å². The lowest BCUT2D eigenvalue weighted by Gasteiger charge is -2.21. The second kappa shape index (κ2) is 8.99. The standard InChI is InChI=1S/C24H25N3O3S/c1-19-7-12-22(13-8-19)31(29,30)27-16-4-15-26(17-18-27)24(28)14-11-21-10-9-20-5-2-3-6-23(20)25-21/h2-3,5-14H,4,15-18H2,1H3. The van der Waals surface area contributed by atoms with Crippen LogP contribution in [0.3, 0.4) is 0 Å². The number of hydrogen-bond donors (Lipinski definition) is 0. The molecular weight excluding hydrogens is 410 g/mol. The van der Waals surface area contributed by atoms with Gasteiger partial charge < -0.3 is 4.90 Å². The van der Waals surface area contributed by atoms with E-state index in [1.807, 2.05) is 43.3 Å². The van der Waals surface area contributed by atoms with Crippen LogP contribution in [0.4, 0.5) is 0 Å². The number of benzene rings is 2. The minimum atomic E-state index is -3.56. The van der Waals surface area contributed by atoms with Crippen molar-refractivity contribution in [3.63, 3.8) is 0 Å². The van der Waals surface area contributed by atoms with Crippen LogP contribution in [0.25, 0.3) is 17.0 Å². The molecule has 0 spiro atoms. The normalized spacial score (nSPS) is 16.0. The lowest BCUT2D eigenvalue weighted by molar-refractivity contribution is -0.125. The monoisotopic (exact) mass is 435 g/mol. The molecule has 1 saturated heterocycles. The fraction of sp³-hybridized carbons (Fsp3) is 0.250. The van der Waals surface area contributed by atoms with E-state index in [-0.39, 0.29) is 12.5 Å². The fourth-order valence-corrected chi connectivity index (χ4v) is 5.12. The van der Waals surface area contributed by atoms with E-state index in [0.29, 0.717) is 36.6 Å². The highest BCUT2D eigenvalue weighted by atomic mass is 32.2. The molecule has 0 bridgehead atoms. The number of sulfonamides is 1. The molecule has 0 atom stereocenters. The van der Waals surface area contributed by atoms with Gasteiger partial charge in [-0.25, -0.2) is 13.4 Å². The molecule has 2 heterocycles. The van der Waals surface area contributed by atoms with E-state index < -0.39 is 10.0 Å². The molecular formula is C24H25N3O3S. The molecule has 0 N–H and O–H groups in total. The summed E-state index contributed by atoms with van der Waals surface area (Å²) in [5.74, 6) is -0.135. The van der Waals surface area contributed by atoms with Gasteiger partial charge in [0.1, 0.15) is 0 Å². The first-order valence-electron chi connectivity index (χ1n) is 10.3. The number of aryl methyl sites for hydroxylation is 1. The van der Waals surface area contributed by atoms with Gasteiger partial charge in [0.25, 0.3) is 0 Å². The van der Waals surface area contributed by atoms with Crippen LogP contribution in [0.5, 0.6) is 0 Å². The number of carbonyl (C=O) groups excluding carboxylic acids is 1. The number of pyridine rings is 1. The SMILES string of the molecule is Cc1ccc(S(=O)(=O)N2CCCN(C(=O)C=Cc3ccc4ccccc4n3)CC2)cc1. The Labute approximate surface area is 182 Å². The summed E-state index contributed by atoms with van der Waals surface area (Å²) in [4.78, 5) is 19.2. The van der Waals surface area contributed by atoms with Crippen LogP contribution in [-0.2, 0) is 14.8 Å². The molecule has 1 fully saturated rings. The summed E-state index contributed by atoms with van der Waals surface area (Å²) >= 11 is 0. The van der Waals surface area contributed by atoms with Gasteiger partial charge in [-0.2, -0.15) is 4.31 Å². The summed E-state index contributed by atoms with van der Waals surface area (Å²) in [6.45, 7) is 3.49. The summed E-state index contributed by atoms with van der Waals surface area (Å²) in [5.41, 5.74) is 2.61. The van der Waals surface area contributed by atoms with Gasteiger partial charge in [-0.3, -0.25) is 4.79 Å². The van der Waals surface area contributed by atoms with Crippen LogP contribution in [0.15, 0.2) is 71.6 Å². The number of rotatable bonds is 4. The number of hydrogen-bond acceptors (Lipinski definition) is 4. The molecule has 160 valence electrons. The number of amides is 1. The average Bonchev–Trinajstić information content (AvgIpc) is 3.05. The second-order valence-electron chi connectivity index (χ2n) is 7.66. The molecule has 0 unspecified atom stereocenters. The van der Waals surface area contributed by atoms with Crippen LogP contribution in [-0.4, -0.2) is 54.7 Å². The Bertz CT molecular complexity index is 1220. The van der Waals surface area contributed by atoms with Crippen molar-refractivity contribution in [2.45, 2.75) is 18.2 Å². The molecule has 2 aromatic carbocycles. The van der Waals surface area contributed by atoms with Gasteiger partial charge in [0.05, 0.1) is 16.1 Å². The number of para-hydroxylation sites is 1. The summed E-state index contributed by atoms with van der Waals surface area (Å²) < 4.78 is 27.4. The Morgan fingerprint density at radius 3 is 2.52 bits per heavy atom. The third-order valence-corrected chi connectivity index (χ3v) is 7.35. The van der Waals surface area contributed by atoms with Crippen LogP contribution in [0.1, 0.15) is 17.7 Å². The molecule has 1 aliphatic heterocycles. The predicted octanol–water partition coefficient (Wildman–Crippen LogP) is 3.48. The van der Waals surface area contributed by atoms with Crippen LogP contribution < -0.4 is 0 Å². The van der Waals surface area contributed by atoms with Gasteiger partial charge >= 0.3 is 0 Å². The quantitative estimate of drug-likeness (QED) is 0.589. The van der Waals surface area contributed by atoms with E-state index in [1.165, 1.54) is 10.4 Å². The Morgan fingerprint density at radius 1 is 0.935 bits per heavy atom. The van der Waals surface area contributed by atoms with Gasteiger partial charge in [0, 0.05) is 37.6 Å². The van der Waals surface area contributed by atoms with Crippen molar-refractivity contribution in [3.8, 4) is 0 Å². The van der Waals surface area contributed by atoms with Gasteiger partial charge in [0.15, 0.2) is 0 Å². The number of fused-ring (bicyclic) bond motifs is 1. The van der Waals surface area contributed by atoms with Crippen LogP contribution in [0.2, 0.25) is 0 Å². The molecule has 4 rings (SSSR count). The van der Waals surface area contributed by atoms with Crippen molar-refractivity contribution < 1.29 is 13.2 Å². The molecule has 0 saturated carbocycles. The van der Waals surface area contributed by atoms with E-state index >= 15 is 0 Å². The first-order chi connectivity index (χ1) is 14.9. The smallest absolute Gasteiger partial charge is 0.246 e. The first kappa shape index (κ1) is 21.2. The zero-order valence-electron chi connectivity index (χ0n) is 17.4. The molecule has 6 nitrogen and oxygen atoms in total. The van der Waals surface area contributed by atoms with E-state index in [0.717, 1.165) is 16.5 Å².